The molecule has 0 spiro atoms. The highest BCUT2D eigenvalue weighted by atomic mass is 19.1. The molecule has 1 heterocycles. The summed E-state index contributed by atoms with van der Waals surface area (Å²) < 4.78 is 15.3. The van der Waals surface area contributed by atoms with Crippen LogP contribution in [0.2, 0.25) is 0 Å². The van der Waals surface area contributed by atoms with Gasteiger partial charge in [0.15, 0.2) is 0 Å². The SMILES string of the molecule is Cc1ccc(F)c(NC(=O)/C=C/c2c(C)nn(C)c2C)c1. The van der Waals surface area contributed by atoms with E-state index in [0.29, 0.717) is 0 Å². The molecule has 5 heteroatoms. The number of hydrogen-bond acceptors (Lipinski definition) is 2. The van der Waals surface area contributed by atoms with Crippen LogP contribution in [0.3, 0.4) is 0 Å². The number of nitrogens with one attached hydrogen (secondary N) is 1. The molecule has 2 aromatic rings. The summed E-state index contributed by atoms with van der Waals surface area (Å²) in [4.78, 5) is 11.9. The second-order valence-electron chi connectivity index (χ2n) is 5.01. The van der Waals surface area contributed by atoms with E-state index in [9.17, 15) is 9.18 Å². The molecule has 2 rings (SSSR count). The number of anilines is 1. The Kier molecular flexibility index (Phi) is 4.21. The molecule has 0 unspecified atom stereocenters. The molecule has 0 atom stereocenters. The van der Waals surface area contributed by atoms with Crippen molar-refractivity contribution in [2.75, 3.05) is 5.32 Å². The van der Waals surface area contributed by atoms with Gasteiger partial charge in [-0.1, -0.05) is 6.07 Å². The second-order valence-corrected chi connectivity index (χ2v) is 5.01. The third kappa shape index (κ3) is 3.37. The van der Waals surface area contributed by atoms with Crippen molar-refractivity contribution >= 4 is 17.7 Å². The van der Waals surface area contributed by atoms with Crippen molar-refractivity contribution in [3.63, 3.8) is 0 Å². The predicted molar refractivity (Wildman–Crippen MR) is 81.5 cm³/mol. The highest BCUT2D eigenvalue weighted by Crippen LogP contribution is 2.16. The molecular weight excluding hydrogens is 269 g/mol. The lowest BCUT2D eigenvalue weighted by molar-refractivity contribution is -0.111. The predicted octanol–water partition coefficient (Wildman–Crippen LogP) is 3.14. The molecule has 110 valence electrons. The Morgan fingerprint density at radius 1 is 1.33 bits per heavy atom. The van der Waals surface area contributed by atoms with E-state index in [1.54, 1.807) is 22.9 Å². The summed E-state index contributed by atoms with van der Waals surface area (Å²) in [5.41, 5.74) is 3.79. The number of aromatic nitrogens is 2. The van der Waals surface area contributed by atoms with Crippen LogP contribution in [-0.2, 0) is 11.8 Å². The second kappa shape index (κ2) is 5.91. The summed E-state index contributed by atoms with van der Waals surface area (Å²) in [5.74, 6) is -0.821. The molecule has 0 saturated heterocycles. The Morgan fingerprint density at radius 2 is 2.05 bits per heavy atom. The van der Waals surface area contributed by atoms with Gasteiger partial charge >= 0.3 is 0 Å². The number of carbonyl (C=O) groups excluding carboxylic acids is 1. The Balaban J connectivity index is 2.15. The van der Waals surface area contributed by atoms with Crippen LogP contribution in [0.25, 0.3) is 6.08 Å². The van der Waals surface area contributed by atoms with E-state index >= 15 is 0 Å². The molecule has 21 heavy (non-hydrogen) atoms. The topological polar surface area (TPSA) is 46.9 Å². The Hall–Kier alpha value is -2.43. The van der Waals surface area contributed by atoms with Crippen molar-refractivity contribution in [1.29, 1.82) is 0 Å². The van der Waals surface area contributed by atoms with Crippen LogP contribution < -0.4 is 5.32 Å². The van der Waals surface area contributed by atoms with Gasteiger partial charge in [-0.3, -0.25) is 9.48 Å². The number of nitrogens with zero attached hydrogens (tertiary/aromatic N) is 2. The van der Waals surface area contributed by atoms with Crippen molar-refractivity contribution in [2.45, 2.75) is 20.8 Å². The molecule has 0 saturated carbocycles. The molecule has 0 radical (unpaired) electrons. The van der Waals surface area contributed by atoms with Crippen LogP contribution in [0.15, 0.2) is 24.3 Å². The van der Waals surface area contributed by atoms with Crippen molar-refractivity contribution in [2.24, 2.45) is 7.05 Å². The van der Waals surface area contributed by atoms with Gasteiger partial charge in [0.25, 0.3) is 0 Å². The van der Waals surface area contributed by atoms with Gasteiger partial charge in [0.1, 0.15) is 5.82 Å². The minimum Gasteiger partial charge on any atom is -0.320 e. The number of halogens is 1. The fraction of sp³-hybridized carbons (Fsp3) is 0.250. The van der Waals surface area contributed by atoms with Gasteiger partial charge in [0.05, 0.1) is 11.4 Å². The first-order valence-electron chi connectivity index (χ1n) is 6.64. The normalized spacial score (nSPS) is 11.1. The van der Waals surface area contributed by atoms with E-state index in [-0.39, 0.29) is 11.6 Å². The van der Waals surface area contributed by atoms with Gasteiger partial charge in [-0.15, -0.1) is 0 Å². The summed E-state index contributed by atoms with van der Waals surface area (Å²) in [6.45, 7) is 5.65. The first kappa shape index (κ1) is 15.0. The van der Waals surface area contributed by atoms with E-state index in [4.69, 9.17) is 0 Å². The minimum atomic E-state index is -0.448. The van der Waals surface area contributed by atoms with Crippen LogP contribution >= 0.6 is 0 Å². The third-order valence-electron chi connectivity index (χ3n) is 3.35. The average Bonchev–Trinajstić information content (AvgIpc) is 2.66. The average molecular weight is 287 g/mol. The standard InChI is InChI=1S/C16H18FN3O/c1-10-5-7-14(17)15(9-10)18-16(21)8-6-13-11(2)19-20(4)12(13)3/h5-9H,1-4H3,(H,18,21)/b8-6+. The largest absolute Gasteiger partial charge is 0.320 e. The molecule has 4 nitrogen and oxygen atoms in total. The van der Waals surface area contributed by atoms with E-state index in [1.807, 2.05) is 27.8 Å². The van der Waals surface area contributed by atoms with Crippen LogP contribution in [-0.4, -0.2) is 15.7 Å². The molecule has 0 fully saturated rings. The van der Waals surface area contributed by atoms with Crippen molar-refractivity contribution in [3.05, 3.63) is 52.6 Å². The van der Waals surface area contributed by atoms with Crippen molar-refractivity contribution < 1.29 is 9.18 Å². The zero-order chi connectivity index (χ0) is 15.6. The van der Waals surface area contributed by atoms with Crippen LogP contribution in [0.1, 0.15) is 22.5 Å². The number of benzene rings is 1. The Bertz CT molecular complexity index is 717. The van der Waals surface area contributed by atoms with Crippen LogP contribution in [0, 0.1) is 26.6 Å². The maximum Gasteiger partial charge on any atom is 0.248 e. The number of rotatable bonds is 3. The van der Waals surface area contributed by atoms with Crippen LogP contribution in [0.4, 0.5) is 10.1 Å². The number of carbonyl (C=O) groups is 1. The summed E-state index contributed by atoms with van der Waals surface area (Å²) >= 11 is 0. The molecule has 0 aliphatic rings. The van der Waals surface area contributed by atoms with Gasteiger partial charge < -0.3 is 5.32 Å². The molecular formula is C16H18FN3O. The fourth-order valence-electron chi connectivity index (χ4n) is 2.10. The quantitative estimate of drug-likeness (QED) is 0.882. The van der Waals surface area contributed by atoms with Gasteiger partial charge in [0.2, 0.25) is 5.91 Å². The highest BCUT2D eigenvalue weighted by molar-refractivity contribution is 6.02. The minimum absolute atomic E-state index is 0.185. The zero-order valence-corrected chi connectivity index (χ0v) is 12.6. The highest BCUT2D eigenvalue weighted by Gasteiger charge is 2.08. The lowest BCUT2D eigenvalue weighted by Gasteiger charge is -2.04. The summed E-state index contributed by atoms with van der Waals surface area (Å²) in [6, 6.07) is 4.59. The van der Waals surface area contributed by atoms with E-state index in [1.165, 1.54) is 12.1 Å². The fourth-order valence-corrected chi connectivity index (χ4v) is 2.10. The molecule has 1 N–H and O–H groups in total. The number of aryl methyl sites for hydroxylation is 3. The number of hydrogen-bond donors (Lipinski definition) is 1. The molecule has 1 aromatic carbocycles. The summed E-state index contributed by atoms with van der Waals surface area (Å²) in [7, 11) is 1.85. The van der Waals surface area contributed by atoms with Gasteiger partial charge in [0, 0.05) is 24.4 Å². The van der Waals surface area contributed by atoms with E-state index < -0.39 is 5.82 Å². The van der Waals surface area contributed by atoms with Crippen molar-refractivity contribution in [3.8, 4) is 0 Å². The Morgan fingerprint density at radius 3 is 2.67 bits per heavy atom. The van der Waals surface area contributed by atoms with E-state index in [2.05, 4.69) is 10.4 Å². The van der Waals surface area contributed by atoms with Crippen LogP contribution in [0.5, 0.6) is 0 Å². The molecule has 0 aliphatic carbocycles. The smallest absolute Gasteiger partial charge is 0.248 e. The first-order valence-corrected chi connectivity index (χ1v) is 6.64. The summed E-state index contributed by atoms with van der Waals surface area (Å²) in [6.07, 6.45) is 3.08. The molecule has 0 aliphatic heterocycles. The number of amides is 1. The van der Waals surface area contributed by atoms with Gasteiger partial charge in [-0.05, 0) is 44.5 Å². The van der Waals surface area contributed by atoms with Crippen molar-refractivity contribution in [1.82, 2.24) is 9.78 Å². The van der Waals surface area contributed by atoms with Gasteiger partial charge in [-0.2, -0.15) is 5.10 Å². The Labute approximate surface area is 123 Å². The summed E-state index contributed by atoms with van der Waals surface area (Å²) in [5, 5.41) is 6.81. The maximum atomic E-state index is 13.6. The lowest BCUT2D eigenvalue weighted by atomic mass is 10.2. The van der Waals surface area contributed by atoms with E-state index in [0.717, 1.165) is 22.5 Å². The molecule has 1 aromatic heterocycles. The maximum absolute atomic E-state index is 13.6. The monoisotopic (exact) mass is 287 g/mol. The first-order chi connectivity index (χ1) is 9.88. The lowest BCUT2D eigenvalue weighted by Crippen LogP contribution is -2.09. The molecule has 1 amide bonds. The molecule has 0 bridgehead atoms. The zero-order valence-electron chi connectivity index (χ0n) is 12.6. The van der Waals surface area contributed by atoms with Gasteiger partial charge in [-0.25, -0.2) is 4.39 Å². The third-order valence-corrected chi connectivity index (χ3v) is 3.35.